The molecule has 5 nitrogen and oxygen atoms in total. The van der Waals surface area contributed by atoms with Gasteiger partial charge in [0, 0.05) is 35.6 Å². The number of hydrogen-bond acceptors (Lipinski definition) is 5. The third kappa shape index (κ3) is 4.46. The molecule has 4 rings (SSSR count). The lowest BCUT2D eigenvalue weighted by Gasteiger charge is -2.21. The van der Waals surface area contributed by atoms with Crippen LogP contribution in [-0.4, -0.2) is 23.5 Å². The summed E-state index contributed by atoms with van der Waals surface area (Å²) in [7, 11) is 0. The van der Waals surface area contributed by atoms with Gasteiger partial charge < -0.3 is 16.4 Å². The van der Waals surface area contributed by atoms with E-state index in [2.05, 4.69) is 15.6 Å². The minimum Gasteiger partial charge on any atom is -0.360 e. The Labute approximate surface area is 185 Å². The van der Waals surface area contributed by atoms with E-state index in [-0.39, 0.29) is 24.3 Å². The van der Waals surface area contributed by atoms with Crippen LogP contribution in [0.25, 0.3) is 10.4 Å². The number of carbonyl (C=O) groups is 1. The predicted molar refractivity (Wildman–Crippen MR) is 116 cm³/mol. The zero-order valence-corrected chi connectivity index (χ0v) is 17.8. The molecule has 2 atom stereocenters. The minimum atomic E-state index is -4.38. The lowest BCUT2D eigenvalue weighted by atomic mass is 9.93. The predicted octanol–water partition coefficient (Wildman–Crippen LogP) is 5.01. The third-order valence-corrected chi connectivity index (χ3v) is 6.51. The summed E-state index contributed by atoms with van der Waals surface area (Å²) in [5, 5.41) is 6.27. The molecule has 0 saturated heterocycles. The molecule has 32 heavy (non-hydrogen) atoms. The number of thiazole rings is 1. The zero-order valence-electron chi connectivity index (χ0n) is 17.0. The summed E-state index contributed by atoms with van der Waals surface area (Å²) < 4.78 is 53.0. The number of nitrogens with two attached hydrogens (primary N) is 1. The van der Waals surface area contributed by atoms with E-state index < -0.39 is 17.6 Å². The van der Waals surface area contributed by atoms with Gasteiger partial charge in [-0.25, -0.2) is 9.37 Å². The van der Waals surface area contributed by atoms with Gasteiger partial charge >= 0.3 is 6.18 Å². The molecule has 0 saturated carbocycles. The Kier molecular flexibility index (Phi) is 5.91. The second-order valence-electron chi connectivity index (χ2n) is 7.66. The maximum absolute atomic E-state index is 14.8. The first-order chi connectivity index (χ1) is 15.1. The Morgan fingerprint density at radius 3 is 2.62 bits per heavy atom. The second-order valence-corrected chi connectivity index (χ2v) is 8.69. The average Bonchev–Trinajstić information content (AvgIpc) is 3.37. The van der Waals surface area contributed by atoms with Gasteiger partial charge in [0.2, 0.25) is 5.91 Å². The maximum Gasteiger partial charge on any atom is 0.416 e. The number of carbonyl (C=O) groups excluding carboxylic acids is 1. The van der Waals surface area contributed by atoms with E-state index in [1.165, 1.54) is 23.5 Å². The molecule has 3 aromatic rings. The van der Waals surface area contributed by atoms with Gasteiger partial charge in [-0.05, 0) is 35.7 Å². The van der Waals surface area contributed by atoms with Crippen molar-refractivity contribution in [2.45, 2.75) is 31.5 Å². The molecule has 1 aromatic heterocycles. The van der Waals surface area contributed by atoms with Crippen LogP contribution in [0.1, 0.15) is 29.5 Å². The number of hydrogen-bond donors (Lipinski definition) is 3. The van der Waals surface area contributed by atoms with Crippen molar-refractivity contribution < 1.29 is 22.4 Å². The van der Waals surface area contributed by atoms with Crippen LogP contribution in [0, 0.1) is 5.82 Å². The van der Waals surface area contributed by atoms with Crippen molar-refractivity contribution in [3.63, 3.8) is 0 Å². The summed E-state index contributed by atoms with van der Waals surface area (Å²) in [5.41, 5.74) is 7.44. The molecule has 2 heterocycles. The molecule has 0 radical (unpaired) electrons. The van der Waals surface area contributed by atoms with Crippen LogP contribution in [-0.2, 0) is 17.4 Å². The monoisotopic (exact) mass is 464 g/mol. The SMILES string of the molecule is C[C@@H](c1ccc(C(F)(F)F)cc1)C(N)CNc1ncc(-c2ccc3c(c2F)CC(=O)N3)s1. The van der Waals surface area contributed by atoms with Crippen LogP contribution in [0.4, 0.5) is 28.4 Å². The van der Waals surface area contributed by atoms with Crippen molar-refractivity contribution in [3.8, 4) is 10.4 Å². The van der Waals surface area contributed by atoms with Gasteiger partial charge in [0.1, 0.15) is 5.82 Å². The molecule has 1 unspecified atom stereocenters. The molecule has 0 spiro atoms. The van der Waals surface area contributed by atoms with Crippen LogP contribution in [0.3, 0.4) is 0 Å². The molecule has 1 aliphatic heterocycles. The number of aromatic nitrogens is 1. The average molecular weight is 464 g/mol. The van der Waals surface area contributed by atoms with Crippen LogP contribution >= 0.6 is 11.3 Å². The fourth-order valence-electron chi connectivity index (χ4n) is 3.54. The van der Waals surface area contributed by atoms with Gasteiger partial charge in [-0.3, -0.25) is 4.79 Å². The van der Waals surface area contributed by atoms with Crippen molar-refractivity contribution in [2.75, 3.05) is 17.2 Å². The van der Waals surface area contributed by atoms with Crippen LogP contribution in [0.2, 0.25) is 0 Å². The summed E-state index contributed by atoms with van der Waals surface area (Å²) in [6.45, 7) is 2.18. The van der Waals surface area contributed by atoms with E-state index in [9.17, 15) is 22.4 Å². The van der Waals surface area contributed by atoms with Gasteiger partial charge in [0.05, 0.1) is 16.9 Å². The molecule has 0 aliphatic carbocycles. The highest BCUT2D eigenvalue weighted by Gasteiger charge is 2.30. The number of fused-ring (bicyclic) bond motifs is 1. The Hall–Kier alpha value is -2.98. The maximum atomic E-state index is 14.8. The van der Waals surface area contributed by atoms with Crippen molar-refractivity contribution >= 4 is 28.1 Å². The number of halogens is 4. The van der Waals surface area contributed by atoms with E-state index in [0.717, 1.165) is 12.1 Å². The van der Waals surface area contributed by atoms with Crippen molar-refractivity contribution in [1.82, 2.24) is 4.98 Å². The Balaban J connectivity index is 1.40. The molecule has 10 heteroatoms. The molecule has 1 amide bonds. The number of rotatable bonds is 6. The highest BCUT2D eigenvalue weighted by Crippen LogP contribution is 2.36. The number of anilines is 2. The summed E-state index contributed by atoms with van der Waals surface area (Å²) in [6, 6.07) is 7.87. The number of amides is 1. The Morgan fingerprint density at radius 2 is 1.94 bits per heavy atom. The van der Waals surface area contributed by atoms with Gasteiger partial charge in [0.25, 0.3) is 0 Å². The summed E-state index contributed by atoms with van der Waals surface area (Å²) >= 11 is 1.25. The molecule has 4 N–H and O–H groups in total. The lowest BCUT2D eigenvalue weighted by Crippen LogP contribution is -2.34. The molecule has 1 aliphatic rings. The zero-order chi connectivity index (χ0) is 23.0. The van der Waals surface area contributed by atoms with E-state index in [0.29, 0.717) is 38.9 Å². The third-order valence-electron chi connectivity index (χ3n) is 5.52. The highest BCUT2D eigenvalue weighted by atomic mass is 32.1. The summed E-state index contributed by atoms with van der Waals surface area (Å²) in [5.74, 6) is -0.869. The topological polar surface area (TPSA) is 80.0 Å². The number of benzene rings is 2. The number of nitrogens with zero attached hydrogens (tertiary/aromatic N) is 1. The van der Waals surface area contributed by atoms with Gasteiger partial charge in [0.15, 0.2) is 5.13 Å². The Bertz CT molecular complexity index is 1140. The van der Waals surface area contributed by atoms with Crippen molar-refractivity contribution in [3.05, 3.63) is 65.1 Å². The fourth-order valence-corrected chi connectivity index (χ4v) is 4.38. The molecule has 0 bridgehead atoms. The molecule has 2 aromatic carbocycles. The van der Waals surface area contributed by atoms with E-state index in [1.807, 2.05) is 6.92 Å². The molecular formula is C22H20F4N4OS. The largest absolute Gasteiger partial charge is 0.416 e. The first kappa shape index (κ1) is 22.2. The highest BCUT2D eigenvalue weighted by molar-refractivity contribution is 7.18. The van der Waals surface area contributed by atoms with E-state index in [4.69, 9.17) is 5.73 Å². The quantitative estimate of drug-likeness (QED) is 0.449. The van der Waals surface area contributed by atoms with Gasteiger partial charge in [-0.1, -0.05) is 30.4 Å². The first-order valence-corrected chi connectivity index (χ1v) is 10.7. The minimum absolute atomic E-state index is 0.00953. The van der Waals surface area contributed by atoms with E-state index >= 15 is 0 Å². The Morgan fingerprint density at radius 1 is 1.22 bits per heavy atom. The summed E-state index contributed by atoms with van der Waals surface area (Å²) in [4.78, 5) is 16.4. The van der Waals surface area contributed by atoms with Crippen LogP contribution in [0.5, 0.6) is 0 Å². The lowest BCUT2D eigenvalue weighted by molar-refractivity contribution is -0.137. The molecule has 168 valence electrons. The van der Waals surface area contributed by atoms with E-state index in [1.54, 1.807) is 18.3 Å². The smallest absolute Gasteiger partial charge is 0.360 e. The fraction of sp³-hybridized carbons (Fsp3) is 0.273. The van der Waals surface area contributed by atoms with Crippen molar-refractivity contribution in [2.24, 2.45) is 5.73 Å². The van der Waals surface area contributed by atoms with Gasteiger partial charge in [-0.2, -0.15) is 13.2 Å². The molecule has 0 fully saturated rings. The number of alkyl halides is 3. The van der Waals surface area contributed by atoms with Gasteiger partial charge in [-0.15, -0.1) is 0 Å². The summed E-state index contributed by atoms with van der Waals surface area (Å²) in [6.07, 6.45) is -2.82. The van der Waals surface area contributed by atoms with Crippen molar-refractivity contribution in [1.29, 1.82) is 0 Å². The second kappa shape index (κ2) is 8.51. The number of nitrogens with one attached hydrogen (secondary N) is 2. The first-order valence-electron chi connectivity index (χ1n) is 9.87. The van der Waals surface area contributed by atoms with Crippen LogP contribution in [0.15, 0.2) is 42.6 Å². The van der Waals surface area contributed by atoms with Crippen LogP contribution < -0.4 is 16.4 Å². The standard InChI is InChI=1S/C22H20F4N4OS/c1-11(12-2-4-13(5-3-12)22(24,25)26)16(27)9-28-21-29-10-18(32-21)14-6-7-17-15(20(14)23)8-19(31)30-17/h2-7,10-11,16H,8-9,27H2,1H3,(H,28,29)(H,30,31)/t11-,16?/m0/s1. The molecular weight excluding hydrogens is 444 g/mol. The normalized spacial score (nSPS) is 15.2.